The molecule has 0 bridgehead atoms. The maximum absolute atomic E-state index is 13.8. The highest BCUT2D eigenvalue weighted by molar-refractivity contribution is 5.95. The standard InChI is InChI=1S/C28H31N7O6/c1-2-29-28(39)33-24-21-25(31-14-30-24)35(15-32-21)19-13-17(26(36)34-12-6-9-18(34)27(37)38)22-23(19)41-20(40-22)11-10-16-7-4-3-5-8-16/h3-5,7-8,10-11,14-15,17-20,22-23H,2,6,9,12-13H2,1H3,(H,37,38)(H2,29,30,31,33,39)/t17?,18-,19?,20+,22?,23?/m1/s1. The molecule has 13 heteroatoms. The van der Waals surface area contributed by atoms with Crippen LogP contribution >= 0.6 is 0 Å². The summed E-state index contributed by atoms with van der Waals surface area (Å²) in [7, 11) is 0. The Kier molecular flexibility index (Phi) is 7.37. The first kappa shape index (κ1) is 26.8. The molecule has 3 N–H and O–H groups in total. The number of aromatic nitrogens is 4. The van der Waals surface area contributed by atoms with Crippen LogP contribution in [0.1, 0.15) is 37.8 Å². The minimum absolute atomic E-state index is 0.249. The average molecular weight is 562 g/mol. The van der Waals surface area contributed by atoms with Crippen LogP contribution < -0.4 is 10.6 Å². The number of nitrogens with one attached hydrogen (secondary N) is 2. The number of urea groups is 1. The van der Waals surface area contributed by atoms with E-state index in [1.165, 1.54) is 11.2 Å². The van der Waals surface area contributed by atoms with Gasteiger partial charge in [0, 0.05) is 13.1 Å². The molecule has 13 nitrogen and oxygen atoms in total. The Balaban J connectivity index is 1.31. The van der Waals surface area contributed by atoms with E-state index in [1.54, 1.807) is 6.33 Å². The van der Waals surface area contributed by atoms with Crippen molar-refractivity contribution in [3.05, 3.63) is 54.6 Å². The summed E-state index contributed by atoms with van der Waals surface area (Å²) < 4.78 is 14.5. The second-order valence-corrected chi connectivity index (χ2v) is 10.3. The van der Waals surface area contributed by atoms with E-state index in [4.69, 9.17) is 9.47 Å². The first-order valence-electron chi connectivity index (χ1n) is 13.7. The zero-order chi connectivity index (χ0) is 28.5. The second-order valence-electron chi connectivity index (χ2n) is 10.3. The van der Waals surface area contributed by atoms with Gasteiger partial charge in [-0.2, -0.15) is 0 Å². The number of carbonyl (C=O) groups excluding carboxylic acids is 2. The predicted octanol–water partition coefficient (Wildman–Crippen LogP) is 2.43. The molecule has 2 aliphatic heterocycles. The number of rotatable bonds is 7. The van der Waals surface area contributed by atoms with Gasteiger partial charge in [0.25, 0.3) is 0 Å². The molecule has 3 aliphatic rings. The third-order valence-corrected chi connectivity index (χ3v) is 7.85. The van der Waals surface area contributed by atoms with Crippen molar-refractivity contribution in [3.63, 3.8) is 0 Å². The molecule has 214 valence electrons. The molecule has 1 aromatic carbocycles. The third-order valence-electron chi connectivity index (χ3n) is 7.85. The van der Waals surface area contributed by atoms with E-state index in [0.717, 1.165) is 5.56 Å². The lowest BCUT2D eigenvalue weighted by Crippen LogP contribution is -2.46. The summed E-state index contributed by atoms with van der Waals surface area (Å²) in [5, 5.41) is 15.1. The monoisotopic (exact) mass is 561 g/mol. The van der Waals surface area contributed by atoms with E-state index in [1.807, 2.05) is 54.0 Å². The molecule has 4 heterocycles. The molecule has 4 unspecified atom stereocenters. The van der Waals surface area contributed by atoms with Gasteiger partial charge in [-0.15, -0.1) is 0 Å². The molecule has 6 atom stereocenters. The lowest BCUT2D eigenvalue weighted by atomic mass is 10.0. The quantitative estimate of drug-likeness (QED) is 0.393. The van der Waals surface area contributed by atoms with Crippen LogP contribution in [0.4, 0.5) is 10.6 Å². The zero-order valence-corrected chi connectivity index (χ0v) is 22.4. The lowest BCUT2D eigenvalue weighted by molar-refractivity contribution is -0.152. The maximum Gasteiger partial charge on any atom is 0.326 e. The van der Waals surface area contributed by atoms with Crippen molar-refractivity contribution >= 4 is 41.0 Å². The minimum Gasteiger partial charge on any atom is -0.480 e. The van der Waals surface area contributed by atoms with Gasteiger partial charge in [0.1, 0.15) is 24.6 Å². The maximum atomic E-state index is 13.8. The van der Waals surface area contributed by atoms with Crippen LogP contribution in [-0.4, -0.2) is 85.1 Å². The fourth-order valence-electron chi connectivity index (χ4n) is 6.01. The zero-order valence-electron chi connectivity index (χ0n) is 22.4. The number of benzene rings is 1. The fourth-order valence-corrected chi connectivity index (χ4v) is 6.01. The number of hydrogen-bond acceptors (Lipinski definition) is 8. The Hall–Kier alpha value is -4.36. The highest BCUT2D eigenvalue weighted by Gasteiger charge is 2.56. The number of aliphatic carboxylic acids is 1. The number of anilines is 1. The molecule has 1 aliphatic carbocycles. The Bertz CT molecular complexity index is 1480. The Morgan fingerprint density at radius 3 is 2.71 bits per heavy atom. The lowest BCUT2D eigenvalue weighted by Gasteiger charge is -2.27. The van der Waals surface area contributed by atoms with E-state index < -0.39 is 42.5 Å². The molecule has 3 fully saturated rings. The van der Waals surface area contributed by atoms with Gasteiger partial charge in [0.05, 0.1) is 18.3 Å². The minimum atomic E-state index is -1.00. The van der Waals surface area contributed by atoms with Crippen LogP contribution in [0.5, 0.6) is 0 Å². The van der Waals surface area contributed by atoms with Crippen molar-refractivity contribution in [2.75, 3.05) is 18.4 Å². The molecule has 2 saturated heterocycles. The van der Waals surface area contributed by atoms with E-state index in [9.17, 15) is 19.5 Å². The van der Waals surface area contributed by atoms with Crippen LogP contribution in [0.15, 0.2) is 49.1 Å². The van der Waals surface area contributed by atoms with Crippen molar-refractivity contribution in [1.29, 1.82) is 0 Å². The number of ether oxygens (including phenoxy) is 2. The van der Waals surface area contributed by atoms with Gasteiger partial charge in [-0.1, -0.05) is 36.4 Å². The van der Waals surface area contributed by atoms with Crippen molar-refractivity contribution in [2.24, 2.45) is 5.92 Å². The molecular formula is C28H31N7O6. The summed E-state index contributed by atoms with van der Waals surface area (Å²) in [4.78, 5) is 52.4. The van der Waals surface area contributed by atoms with Crippen LogP contribution in [0.25, 0.3) is 17.2 Å². The molecule has 3 aromatic rings. The van der Waals surface area contributed by atoms with E-state index >= 15 is 0 Å². The van der Waals surface area contributed by atoms with Crippen LogP contribution in [0.2, 0.25) is 0 Å². The number of carboxylic acid groups (broad SMARTS) is 1. The van der Waals surface area contributed by atoms with Gasteiger partial charge in [0.15, 0.2) is 23.3 Å². The van der Waals surface area contributed by atoms with Crippen LogP contribution in [0, 0.1) is 5.92 Å². The molecule has 1 saturated carbocycles. The van der Waals surface area contributed by atoms with Crippen LogP contribution in [0.3, 0.4) is 0 Å². The number of nitrogens with zero attached hydrogens (tertiary/aromatic N) is 5. The van der Waals surface area contributed by atoms with Gasteiger partial charge in [-0.25, -0.2) is 24.5 Å². The summed E-state index contributed by atoms with van der Waals surface area (Å²) in [5.41, 5.74) is 1.85. The first-order chi connectivity index (χ1) is 19.9. The predicted molar refractivity (Wildman–Crippen MR) is 147 cm³/mol. The van der Waals surface area contributed by atoms with E-state index in [2.05, 4.69) is 25.6 Å². The Labute approximate surface area is 235 Å². The molecule has 0 spiro atoms. The van der Waals surface area contributed by atoms with Gasteiger partial charge >= 0.3 is 12.0 Å². The van der Waals surface area contributed by atoms with Crippen molar-refractivity contribution in [1.82, 2.24) is 29.7 Å². The summed E-state index contributed by atoms with van der Waals surface area (Å²) in [5.74, 6) is -1.61. The van der Waals surface area contributed by atoms with E-state index in [-0.39, 0.29) is 17.8 Å². The van der Waals surface area contributed by atoms with Gasteiger partial charge in [0.2, 0.25) is 5.91 Å². The number of likely N-dealkylation sites (tertiary alicyclic amines) is 1. The van der Waals surface area contributed by atoms with Gasteiger partial charge in [-0.05, 0) is 37.8 Å². The second kappa shape index (κ2) is 11.3. The smallest absolute Gasteiger partial charge is 0.326 e. The molecule has 6 rings (SSSR count). The number of imidazole rings is 1. The number of carboxylic acids is 1. The summed E-state index contributed by atoms with van der Waals surface area (Å²) in [6, 6.07) is 8.09. The number of hydrogen-bond donors (Lipinski definition) is 3. The average Bonchev–Trinajstić information content (AvgIpc) is 3.76. The molecule has 2 aromatic heterocycles. The molecular weight excluding hydrogens is 530 g/mol. The number of carbonyl (C=O) groups is 3. The van der Waals surface area contributed by atoms with Crippen molar-refractivity contribution in [2.45, 2.75) is 56.8 Å². The molecule has 3 amide bonds. The first-order valence-corrected chi connectivity index (χ1v) is 13.7. The number of amides is 3. The fraction of sp³-hybridized carbons (Fsp3) is 0.429. The normalized spacial score (nSPS) is 27.4. The third kappa shape index (κ3) is 5.13. The Morgan fingerprint density at radius 2 is 1.93 bits per heavy atom. The number of fused-ring (bicyclic) bond motifs is 2. The van der Waals surface area contributed by atoms with E-state index in [0.29, 0.717) is 43.5 Å². The summed E-state index contributed by atoms with van der Waals surface area (Å²) in [6.45, 7) is 2.65. The Morgan fingerprint density at radius 1 is 1.12 bits per heavy atom. The van der Waals surface area contributed by atoms with Crippen molar-refractivity contribution in [3.8, 4) is 0 Å². The van der Waals surface area contributed by atoms with Crippen LogP contribution in [-0.2, 0) is 19.1 Å². The largest absolute Gasteiger partial charge is 0.480 e. The highest BCUT2D eigenvalue weighted by Crippen LogP contribution is 2.46. The summed E-state index contributed by atoms with van der Waals surface area (Å²) >= 11 is 0. The van der Waals surface area contributed by atoms with Gasteiger partial charge in [-0.3, -0.25) is 10.1 Å². The van der Waals surface area contributed by atoms with Gasteiger partial charge < -0.3 is 29.4 Å². The van der Waals surface area contributed by atoms with Crippen molar-refractivity contribution < 1.29 is 29.0 Å². The SMILES string of the molecule is CCNC(=O)Nc1ncnc2c1ncn2C1CC(C(=O)N2CCC[C@@H]2C(=O)O)C2O[C@H](C=Cc3ccccc3)OC21. The highest BCUT2D eigenvalue weighted by atomic mass is 16.7. The molecule has 0 radical (unpaired) electrons. The topological polar surface area (TPSA) is 161 Å². The summed E-state index contributed by atoms with van der Waals surface area (Å²) in [6.07, 6.45) is 6.25. The molecule has 41 heavy (non-hydrogen) atoms.